The summed E-state index contributed by atoms with van der Waals surface area (Å²) in [7, 11) is 0. The molecule has 2 heteroatoms. The van der Waals surface area contributed by atoms with Crippen LogP contribution in [-0.2, 0) is 0 Å². The van der Waals surface area contributed by atoms with Gasteiger partial charge < -0.3 is 4.74 Å². The molecule has 2 nitrogen and oxygen atoms in total. The summed E-state index contributed by atoms with van der Waals surface area (Å²) >= 11 is 0. The van der Waals surface area contributed by atoms with E-state index in [4.69, 9.17) is 4.74 Å². The van der Waals surface area contributed by atoms with Gasteiger partial charge in [0.2, 0.25) is 0 Å². The molecule has 2 aromatic rings. The summed E-state index contributed by atoms with van der Waals surface area (Å²) in [5.41, 5.74) is 5.43. The van der Waals surface area contributed by atoms with Gasteiger partial charge in [0.25, 0.3) is 0 Å². The van der Waals surface area contributed by atoms with Gasteiger partial charge in [-0.2, -0.15) is 0 Å². The molecule has 0 N–H and O–H groups in total. The number of Topliss-reactive ketones (excluding diaryl/α,β-unsaturated/α-hetero) is 1. The Bertz CT molecular complexity index is 928. The summed E-state index contributed by atoms with van der Waals surface area (Å²) in [6, 6.07) is 16.6. The van der Waals surface area contributed by atoms with E-state index in [0.29, 0.717) is 6.42 Å². The molecule has 0 bridgehead atoms. The monoisotopic (exact) mass is 342 g/mol. The lowest BCUT2D eigenvalue weighted by molar-refractivity contribution is 0.0450. The Morgan fingerprint density at radius 3 is 2.54 bits per heavy atom. The second-order valence-corrected chi connectivity index (χ2v) is 7.70. The fourth-order valence-corrected chi connectivity index (χ4v) is 4.55. The summed E-state index contributed by atoms with van der Waals surface area (Å²) in [6.45, 7) is 0. The Labute approximate surface area is 154 Å². The van der Waals surface area contributed by atoms with Crippen molar-refractivity contribution in [3.63, 3.8) is 0 Å². The molecule has 26 heavy (non-hydrogen) atoms. The highest BCUT2D eigenvalue weighted by Gasteiger charge is 2.42. The van der Waals surface area contributed by atoms with Crippen molar-refractivity contribution in [2.75, 3.05) is 0 Å². The average Bonchev–Trinajstić information content (AvgIpc) is 3.32. The predicted molar refractivity (Wildman–Crippen MR) is 104 cm³/mol. The molecular weight excluding hydrogens is 320 g/mol. The summed E-state index contributed by atoms with van der Waals surface area (Å²) in [5, 5.41) is 0. The smallest absolute Gasteiger partial charge is 0.170 e. The lowest BCUT2D eigenvalue weighted by atomic mass is 9.87. The van der Waals surface area contributed by atoms with E-state index in [0.717, 1.165) is 36.1 Å². The Morgan fingerprint density at radius 2 is 1.73 bits per heavy atom. The molecule has 1 fully saturated rings. The molecule has 0 amide bonds. The zero-order valence-corrected chi connectivity index (χ0v) is 14.8. The summed E-state index contributed by atoms with van der Waals surface area (Å²) in [6.07, 6.45) is 10.3. The van der Waals surface area contributed by atoms with Crippen molar-refractivity contribution in [1.29, 1.82) is 0 Å². The first-order valence-corrected chi connectivity index (χ1v) is 9.55. The molecule has 1 saturated carbocycles. The van der Waals surface area contributed by atoms with Crippen LogP contribution in [0.4, 0.5) is 0 Å². The maximum Gasteiger partial charge on any atom is 0.170 e. The normalized spacial score (nSPS) is 20.5. The number of carbonyl (C=O) groups is 1. The zero-order chi connectivity index (χ0) is 17.6. The van der Waals surface area contributed by atoms with Gasteiger partial charge in [-0.05, 0) is 66.5 Å². The summed E-state index contributed by atoms with van der Waals surface area (Å²) < 4.78 is 6.31. The van der Waals surface area contributed by atoms with Crippen molar-refractivity contribution < 1.29 is 9.53 Å². The number of ether oxygens (including phenoxy) is 1. The van der Waals surface area contributed by atoms with E-state index in [1.54, 1.807) is 0 Å². The van der Waals surface area contributed by atoms with Crippen molar-refractivity contribution >= 4 is 16.9 Å². The van der Waals surface area contributed by atoms with Crippen LogP contribution < -0.4 is 4.74 Å². The van der Waals surface area contributed by atoms with Gasteiger partial charge in [0.05, 0.1) is 12.0 Å². The van der Waals surface area contributed by atoms with Gasteiger partial charge in [0.15, 0.2) is 5.78 Å². The molecule has 2 aliphatic carbocycles. The second-order valence-electron chi connectivity index (χ2n) is 7.70. The van der Waals surface area contributed by atoms with Gasteiger partial charge >= 0.3 is 0 Å². The molecular formula is C24H22O2. The molecule has 0 atom stereocenters. The van der Waals surface area contributed by atoms with Crippen LogP contribution in [0.1, 0.15) is 60.0 Å². The Hall–Kier alpha value is -2.61. The minimum atomic E-state index is -0.222. The topological polar surface area (TPSA) is 26.3 Å². The number of fused-ring (bicyclic) bond motifs is 1. The highest BCUT2D eigenvalue weighted by Crippen LogP contribution is 2.44. The molecule has 5 rings (SSSR count). The average molecular weight is 342 g/mol. The number of benzene rings is 2. The molecule has 1 spiro atoms. The fraction of sp³-hybridized carbons (Fsp3) is 0.292. The van der Waals surface area contributed by atoms with E-state index in [-0.39, 0.29) is 11.4 Å². The molecule has 3 aliphatic rings. The molecule has 0 aromatic heterocycles. The van der Waals surface area contributed by atoms with Crippen molar-refractivity contribution in [1.82, 2.24) is 0 Å². The Kier molecular flexibility index (Phi) is 3.59. The quantitative estimate of drug-likeness (QED) is 0.686. The number of hydrogen-bond acceptors (Lipinski definition) is 2. The number of rotatable bonds is 2. The minimum absolute atomic E-state index is 0.222. The van der Waals surface area contributed by atoms with Gasteiger partial charge in [-0.25, -0.2) is 0 Å². The third-order valence-electron chi connectivity index (χ3n) is 5.95. The summed E-state index contributed by atoms with van der Waals surface area (Å²) in [5.74, 6) is 1.02. The van der Waals surface area contributed by atoms with Crippen LogP contribution in [-0.4, -0.2) is 11.4 Å². The van der Waals surface area contributed by atoms with Crippen LogP contribution in [0, 0.1) is 0 Å². The number of ketones is 1. The van der Waals surface area contributed by atoms with Gasteiger partial charge in [-0.15, -0.1) is 0 Å². The van der Waals surface area contributed by atoms with Crippen LogP contribution >= 0.6 is 0 Å². The Morgan fingerprint density at radius 1 is 0.923 bits per heavy atom. The van der Waals surface area contributed by atoms with Gasteiger partial charge in [-0.3, -0.25) is 4.79 Å². The minimum Gasteiger partial charge on any atom is -0.486 e. The fourth-order valence-electron chi connectivity index (χ4n) is 4.55. The van der Waals surface area contributed by atoms with Crippen molar-refractivity contribution in [3.8, 4) is 5.75 Å². The lowest BCUT2D eigenvalue weighted by Crippen LogP contribution is -2.39. The van der Waals surface area contributed by atoms with Crippen LogP contribution in [0.25, 0.3) is 11.1 Å². The first kappa shape index (κ1) is 15.6. The van der Waals surface area contributed by atoms with Crippen LogP contribution in [0.5, 0.6) is 5.75 Å². The van der Waals surface area contributed by atoms with Crippen molar-refractivity contribution in [2.24, 2.45) is 0 Å². The van der Waals surface area contributed by atoms with Gasteiger partial charge in [0.1, 0.15) is 11.4 Å². The van der Waals surface area contributed by atoms with E-state index in [9.17, 15) is 4.79 Å². The zero-order valence-electron chi connectivity index (χ0n) is 14.8. The van der Waals surface area contributed by atoms with Gasteiger partial charge in [0, 0.05) is 0 Å². The summed E-state index contributed by atoms with van der Waals surface area (Å²) in [4.78, 5) is 12.8. The largest absolute Gasteiger partial charge is 0.486 e. The highest BCUT2D eigenvalue weighted by atomic mass is 16.5. The first-order valence-electron chi connectivity index (χ1n) is 9.55. The number of allylic oxidation sites excluding steroid dienone is 4. The van der Waals surface area contributed by atoms with Crippen LogP contribution in [0.15, 0.2) is 60.7 Å². The first-order chi connectivity index (χ1) is 12.7. The SMILES string of the molecule is O=C1CC2(CCCC2)Oc2ccc(C3=CC(c4ccccc4)=CC3)cc21. The third kappa shape index (κ3) is 2.61. The third-order valence-corrected chi connectivity index (χ3v) is 5.95. The molecule has 130 valence electrons. The van der Waals surface area contributed by atoms with Crippen LogP contribution in [0.2, 0.25) is 0 Å². The van der Waals surface area contributed by atoms with E-state index in [1.165, 1.54) is 29.6 Å². The molecule has 0 saturated heterocycles. The predicted octanol–water partition coefficient (Wildman–Crippen LogP) is 5.84. The van der Waals surface area contributed by atoms with Crippen molar-refractivity contribution in [2.45, 2.75) is 44.1 Å². The maximum absolute atomic E-state index is 12.8. The van der Waals surface area contributed by atoms with E-state index in [2.05, 4.69) is 42.5 Å². The molecule has 1 heterocycles. The van der Waals surface area contributed by atoms with Crippen LogP contribution in [0.3, 0.4) is 0 Å². The Balaban J connectivity index is 1.44. The van der Waals surface area contributed by atoms with E-state index in [1.807, 2.05) is 18.2 Å². The molecule has 0 radical (unpaired) electrons. The second kappa shape index (κ2) is 5.98. The van der Waals surface area contributed by atoms with E-state index >= 15 is 0 Å². The molecule has 2 aromatic carbocycles. The standard InChI is InChI=1S/C24H22O2/c25-22-16-24(12-4-5-13-24)26-23-11-10-20(15-21(22)23)19-9-8-18(14-19)17-6-2-1-3-7-17/h1-3,6-8,10-11,14-15H,4-5,9,12-13,16H2. The number of hydrogen-bond donors (Lipinski definition) is 0. The highest BCUT2D eigenvalue weighted by molar-refractivity contribution is 6.01. The maximum atomic E-state index is 12.8. The van der Waals surface area contributed by atoms with Gasteiger partial charge in [-0.1, -0.05) is 48.6 Å². The number of carbonyl (C=O) groups excluding carboxylic acids is 1. The van der Waals surface area contributed by atoms with Crippen molar-refractivity contribution in [3.05, 3.63) is 77.4 Å². The molecule has 1 aliphatic heterocycles. The lowest BCUT2D eigenvalue weighted by Gasteiger charge is -2.34. The van der Waals surface area contributed by atoms with E-state index < -0.39 is 0 Å². The molecule has 0 unspecified atom stereocenters.